The van der Waals surface area contributed by atoms with Crippen LogP contribution in [-0.4, -0.2) is 11.5 Å². The van der Waals surface area contributed by atoms with Gasteiger partial charge in [0.05, 0.1) is 11.4 Å². The molecule has 0 bridgehead atoms. The summed E-state index contributed by atoms with van der Waals surface area (Å²) in [4.78, 5) is 4.01. The minimum atomic E-state index is -0.328. The van der Waals surface area contributed by atoms with Crippen LogP contribution in [-0.2, 0) is 5.41 Å². The van der Waals surface area contributed by atoms with Crippen LogP contribution in [0, 0.1) is 5.82 Å². The fraction of sp³-hybridized carbons (Fsp3) is 0.267. The molecule has 2 rings (SSSR count). The Balaban J connectivity index is 2.14. The van der Waals surface area contributed by atoms with E-state index in [9.17, 15) is 4.39 Å². The van der Waals surface area contributed by atoms with Crippen LogP contribution in [0.2, 0.25) is 0 Å². The molecule has 3 nitrogen and oxygen atoms in total. The van der Waals surface area contributed by atoms with Crippen molar-refractivity contribution in [2.24, 2.45) is 0 Å². The van der Waals surface area contributed by atoms with Crippen molar-refractivity contribution in [3.63, 3.8) is 0 Å². The lowest BCUT2D eigenvalue weighted by molar-refractivity contribution is 0.552. The number of benzene rings is 1. The number of nitrogens with two attached hydrogens (primary N) is 1. The maximum Gasteiger partial charge on any atom is 0.148 e. The van der Waals surface area contributed by atoms with E-state index < -0.39 is 0 Å². The predicted molar refractivity (Wildman–Crippen MR) is 76.6 cm³/mol. The normalized spacial score (nSPS) is 11.3. The zero-order chi connectivity index (χ0) is 13.9. The third-order valence-corrected chi connectivity index (χ3v) is 3.21. The molecule has 1 aromatic carbocycles. The Bertz CT molecular complexity index is 532. The van der Waals surface area contributed by atoms with Crippen LogP contribution in [0.5, 0.6) is 0 Å². The van der Waals surface area contributed by atoms with Gasteiger partial charge in [0, 0.05) is 24.4 Å². The van der Waals surface area contributed by atoms with E-state index in [1.165, 1.54) is 6.07 Å². The topological polar surface area (TPSA) is 50.9 Å². The average Bonchev–Trinajstić information content (AvgIpc) is 2.39. The Labute approximate surface area is 112 Å². The molecule has 0 atom stereocenters. The molecule has 0 amide bonds. The van der Waals surface area contributed by atoms with Crippen molar-refractivity contribution in [1.82, 2.24) is 4.98 Å². The number of anilines is 2. The molecule has 19 heavy (non-hydrogen) atoms. The van der Waals surface area contributed by atoms with E-state index in [2.05, 4.69) is 24.1 Å². The standard InChI is InChI=1S/C15H18FN3/c1-15(2,11-6-8-18-9-7-11)10-19-14-12(16)4-3-5-13(14)17/h3-9,19H,10,17H2,1-2H3. The number of aromatic nitrogens is 1. The number of hydrogen-bond acceptors (Lipinski definition) is 3. The molecule has 100 valence electrons. The summed E-state index contributed by atoms with van der Waals surface area (Å²) in [6.45, 7) is 4.76. The number of nitrogen functional groups attached to an aromatic ring is 1. The third-order valence-electron chi connectivity index (χ3n) is 3.21. The molecular formula is C15H18FN3. The van der Waals surface area contributed by atoms with Gasteiger partial charge in [-0.2, -0.15) is 0 Å². The molecule has 0 saturated carbocycles. The summed E-state index contributed by atoms with van der Waals surface area (Å²) >= 11 is 0. The van der Waals surface area contributed by atoms with Crippen molar-refractivity contribution in [2.45, 2.75) is 19.3 Å². The second kappa shape index (κ2) is 5.26. The van der Waals surface area contributed by atoms with Gasteiger partial charge in [-0.25, -0.2) is 4.39 Å². The molecule has 1 aromatic heterocycles. The van der Waals surface area contributed by atoms with Gasteiger partial charge in [0.1, 0.15) is 5.82 Å². The Morgan fingerprint density at radius 3 is 2.53 bits per heavy atom. The predicted octanol–water partition coefficient (Wildman–Crippen LogP) is 3.19. The summed E-state index contributed by atoms with van der Waals surface area (Å²) in [5, 5.41) is 3.10. The zero-order valence-corrected chi connectivity index (χ0v) is 11.2. The van der Waals surface area contributed by atoms with Crippen LogP contribution >= 0.6 is 0 Å². The van der Waals surface area contributed by atoms with Crippen molar-refractivity contribution in [3.8, 4) is 0 Å². The second-order valence-corrected chi connectivity index (χ2v) is 5.18. The SMILES string of the molecule is CC(C)(CNc1c(N)cccc1F)c1ccncc1. The fourth-order valence-corrected chi connectivity index (χ4v) is 1.94. The Kier molecular flexibility index (Phi) is 3.69. The number of halogens is 1. The molecule has 0 unspecified atom stereocenters. The molecule has 0 aliphatic heterocycles. The van der Waals surface area contributed by atoms with E-state index in [4.69, 9.17) is 5.73 Å². The van der Waals surface area contributed by atoms with E-state index in [0.29, 0.717) is 17.9 Å². The van der Waals surface area contributed by atoms with Crippen molar-refractivity contribution in [3.05, 3.63) is 54.1 Å². The van der Waals surface area contributed by atoms with Crippen LogP contribution < -0.4 is 11.1 Å². The molecular weight excluding hydrogens is 241 g/mol. The summed E-state index contributed by atoms with van der Waals surface area (Å²) in [7, 11) is 0. The smallest absolute Gasteiger partial charge is 0.148 e. The van der Waals surface area contributed by atoms with Crippen LogP contribution in [0.3, 0.4) is 0 Å². The number of rotatable bonds is 4. The minimum Gasteiger partial charge on any atom is -0.397 e. The molecule has 0 fully saturated rings. The highest BCUT2D eigenvalue weighted by molar-refractivity contribution is 5.66. The third kappa shape index (κ3) is 3.02. The van der Waals surface area contributed by atoms with Crippen LogP contribution in [0.4, 0.5) is 15.8 Å². The lowest BCUT2D eigenvalue weighted by Gasteiger charge is -2.26. The minimum absolute atomic E-state index is 0.141. The van der Waals surface area contributed by atoms with Gasteiger partial charge >= 0.3 is 0 Å². The lowest BCUT2D eigenvalue weighted by atomic mass is 9.85. The maximum absolute atomic E-state index is 13.7. The number of nitrogens with zero attached hydrogens (tertiary/aromatic N) is 1. The Hall–Kier alpha value is -2.10. The molecule has 0 spiro atoms. The van der Waals surface area contributed by atoms with Crippen LogP contribution in [0.25, 0.3) is 0 Å². The van der Waals surface area contributed by atoms with Gasteiger partial charge in [-0.1, -0.05) is 19.9 Å². The molecule has 0 aliphatic rings. The van der Waals surface area contributed by atoms with Gasteiger partial charge in [-0.3, -0.25) is 4.98 Å². The van der Waals surface area contributed by atoms with Crippen molar-refractivity contribution >= 4 is 11.4 Å². The van der Waals surface area contributed by atoms with Gasteiger partial charge in [0.2, 0.25) is 0 Å². The van der Waals surface area contributed by atoms with Gasteiger partial charge in [0.25, 0.3) is 0 Å². The summed E-state index contributed by atoms with van der Waals surface area (Å²) in [5.41, 5.74) is 7.57. The summed E-state index contributed by atoms with van der Waals surface area (Å²) in [6, 6.07) is 8.62. The first-order valence-electron chi connectivity index (χ1n) is 6.19. The monoisotopic (exact) mass is 259 g/mol. The van der Waals surface area contributed by atoms with E-state index in [1.807, 2.05) is 12.1 Å². The van der Waals surface area contributed by atoms with Crippen molar-refractivity contribution in [2.75, 3.05) is 17.6 Å². The number of para-hydroxylation sites is 1. The van der Waals surface area contributed by atoms with Gasteiger partial charge in [-0.15, -0.1) is 0 Å². The maximum atomic E-state index is 13.7. The fourth-order valence-electron chi connectivity index (χ4n) is 1.94. The van der Waals surface area contributed by atoms with Crippen LogP contribution in [0.1, 0.15) is 19.4 Å². The number of hydrogen-bond donors (Lipinski definition) is 2. The molecule has 3 N–H and O–H groups in total. The van der Waals surface area contributed by atoms with Gasteiger partial charge < -0.3 is 11.1 Å². The molecule has 4 heteroatoms. The number of nitrogens with one attached hydrogen (secondary N) is 1. The van der Waals surface area contributed by atoms with E-state index >= 15 is 0 Å². The molecule has 0 saturated heterocycles. The second-order valence-electron chi connectivity index (χ2n) is 5.18. The highest BCUT2D eigenvalue weighted by atomic mass is 19.1. The highest BCUT2D eigenvalue weighted by Gasteiger charge is 2.21. The van der Waals surface area contributed by atoms with E-state index in [-0.39, 0.29) is 11.2 Å². The molecule has 0 radical (unpaired) electrons. The van der Waals surface area contributed by atoms with Crippen molar-refractivity contribution in [1.29, 1.82) is 0 Å². The summed E-state index contributed by atoms with van der Waals surface area (Å²) < 4.78 is 13.7. The summed E-state index contributed by atoms with van der Waals surface area (Å²) in [5.74, 6) is -0.328. The Morgan fingerprint density at radius 1 is 1.21 bits per heavy atom. The first-order chi connectivity index (χ1) is 9.00. The zero-order valence-electron chi connectivity index (χ0n) is 11.2. The average molecular weight is 259 g/mol. The van der Waals surface area contributed by atoms with Crippen LogP contribution in [0.15, 0.2) is 42.7 Å². The first-order valence-corrected chi connectivity index (χ1v) is 6.19. The lowest BCUT2D eigenvalue weighted by Crippen LogP contribution is -2.28. The molecule has 0 aliphatic carbocycles. The first kappa shape index (κ1) is 13.3. The summed E-state index contributed by atoms with van der Waals surface area (Å²) in [6.07, 6.45) is 3.52. The highest BCUT2D eigenvalue weighted by Crippen LogP contribution is 2.26. The largest absolute Gasteiger partial charge is 0.397 e. The van der Waals surface area contributed by atoms with Gasteiger partial charge in [0.15, 0.2) is 0 Å². The molecule has 1 heterocycles. The van der Waals surface area contributed by atoms with Gasteiger partial charge in [-0.05, 0) is 29.8 Å². The molecule has 2 aromatic rings. The quantitative estimate of drug-likeness (QED) is 0.829. The van der Waals surface area contributed by atoms with E-state index in [1.54, 1.807) is 24.5 Å². The van der Waals surface area contributed by atoms with Crippen molar-refractivity contribution < 1.29 is 4.39 Å². The van der Waals surface area contributed by atoms with E-state index in [0.717, 1.165) is 5.56 Å². The number of pyridine rings is 1. The Morgan fingerprint density at radius 2 is 1.89 bits per heavy atom.